The van der Waals surface area contributed by atoms with Gasteiger partial charge in [-0.3, -0.25) is 13.6 Å². The minimum absolute atomic E-state index is 0.522. The van der Waals surface area contributed by atoms with Crippen LogP contribution in [-0.2, 0) is 13.6 Å². The summed E-state index contributed by atoms with van der Waals surface area (Å²) in [5.41, 5.74) is 0.976. The van der Waals surface area contributed by atoms with E-state index in [1.54, 1.807) is 5.82 Å². The van der Waals surface area contributed by atoms with Gasteiger partial charge in [-0.15, -0.1) is 0 Å². The maximum Gasteiger partial charge on any atom is 0.354 e. The molecule has 0 N–H and O–H groups in total. The molecule has 94 valence electrons. The molecular formula is C11H23O3PSi. The van der Waals surface area contributed by atoms with Crippen molar-refractivity contribution in [2.75, 3.05) is 0 Å². The van der Waals surface area contributed by atoms with Crippen molar-refractivity contribution in [1.82, 2.24) is 0 Å². The molecule has 0 aliphatic carbocycles. The highest BCUT2D eigenvalue weighted by molar-refractivity contribution is 7.57. The van der Waals surface area contributed by atoms with Crippen LogP contribution in [0.4, 0.5) is 0 Å². The van der Waals surface area contributed by atoms with Crippen LogP contribution in [0.15, 0.2) is 11.5 Å². The number of hydrogen-bond acceptors (Lipinski definition) is 3. The molecule has 1 rings (SSSR count). The van der Waals surface area contributed by atoms with E-state index in [4.69, 9.17) is 9.05 Å². The van der Waals surface area contributed by atoms with Gasteiger partial charge in [0.1, 0.15) is 11.2 Å². The van der Waals surface area contributed by atoms with E-state index in [1.165, 1.54) is 0 Å². The number of rotatable bonds is 2. The Balaban J connectivity index is 2.93. The van der Waals surface area contributed by atoms with Crippen molar-refractivity contribution in [2.24, 2.45) is 0 Å². The van der Waals surface area contributed by atoms with E-state index < -0.39 is 26.9 Å². The van der Waals surface area contributed by atoms with Crippen molar-refractivity contribution in [3.63, 3.8) is 0 Å². The Morgan fingerprint density at radius 1 is 1.00 bits per heavy atom. The molecule has 0 spiro atoms. The Kier molecular flexibility index (Phi) is 3.37. The van der Waals surface area contributed by atoms with Crippen molar-refractivity contribution in [2.45, 2.75) is 58.5 Å². The monoisotopic (exact) mass is 262 g/mol. The Hall–Kier alpha value is 0.107. The van der Waals surface area contributed by atoms with Gasteiger partial charge >= 0.3 is 7.60 Å². The first-order chi connectivity index (χ1) is 6.87. The molecule has 5 heteroatoms. The average molecular weight is 262 g/mol. The highest BCUT2D eigenvalue weighted by Crippen LogP contribution is 2.64. The Morgan fingerprint density at radius 2 is 1.38 bits per heavy atom. The second-order valence-electron chi connectivity index (χ2n) is 6.42. The molecule has 0 aromatic carbocycles. The first-order valence-corrected chi connectivity index (χ1v) is 10.8. The summed E-state index contributed by atoms with van der Waals surface area (Å²) < 4.78 is 23.6. The van der Waals surface area contributed by atoms with Gasteiger partial charge in [-0.25, -0.2) is 0 Å². The van der Waals surface area contributed by atoms with Gasteiger partial charge in [0, 0.05) is 5.82 Å². The van der Waals surface area contributed by atoms with E-state index in [0.717, 1.165) is 0 Å². The Bertz CT molecular complexity index is 333. The second-order valence-corrected chi connectivity index (χ2v) is 13.2. The quantitative estimate of drug-likeness (QED) is 0.553. The van der Waals surface area contributed by atoms with Crippen molar-refractivity contribution < 1.29 is 13.6 Å². The lowest BCUT2D eigenvalue weighted by Crippen LogP contribution is -2.41. The molecular weight excluding hydrogens is 239 g/mol. The zero-order valence-corrected chi connectivity index (χ0v) is 13.2. The highest BCUT2D eigenvalue weighted by Gasteiger charge is 2.54. The Labute approximate surface area is 99.8 Å². The topological polar surface area (TPSA) is 35.5 Å². The van der Waals surface area contributed by atoms with Crippen LogP contribution in [0, 0.1) is 0 Å². The number of hydrogen-bond donors (Lipinski definition) is 0. The lowest BCUT2D eigenvalue weighted by Gasteiger charge is -2.29. The molecule has 0 saturated carbocycles. The minimum Gasteiger partial charge on any atom is -0.296 e. The lowest BCUT2D eigenvalue weighted by molar-refractivity contribution is 0.00578. The summed E-state index contributed by atoms with van der Waals surface area (Å²) in [7, 11) is -4.43. The fraction of sp³-hybridized carbons (Fsp3) is 0.818. The summed E-state index contributed by atoms with van der Waals surface area (Å²) in [6, 6.07) is 0. The van der Waals surface area contributed by atoms with Crippen LogP contribution in [0.25, 0.3) is 0 Å². The summed E-state index contributed by atoms with van der Waals surface area (Å²) in [5, 5.41) is 0. The summed E-state index contributed by atoms with van der Waals surface area (Å²) in [6.45, 7) is 14.2. The van der Waals surface area contributed by atoms with E-state index in [0.29, 0.717) is 0 Å². The molecule has 0 bridgehead atoms. The minimum atomic E-state index is -3.06. The predicted molar refractivity (Wildman–Crippen MR) is 70.4 cm³/mol. The standard InChI is InChI=1S/C11H23O3PSi/c1-10(2)11(3,4)14-15(12,13-10)8-9-16(5,6)7/h8-9H,1-7H3/b9-8+. The van der Waals surface area contributed by atoms with E-state index in [9.17, 15) is 4.57 Å². The van der Waals surface area contributed by atoms with Crippen LogP contribution >= 0.6 is 7.60 Å². The normalized spacial score (nSPS) is 27.4. The third-order valence-electron chi connectivity index (χ3n) is 2.92. The van der Waals surface area contributed by atoms with Gasteiger partial charge in [0.05, 0.1) is 8.07 Å². The largest absolute Gasteiger partial charge is 0.354 e. The van der Waals surface area contributed by atoms with Gasteiger partial charge < -0.3 is 0 Å². The molecule has 0 unspecified atom stereocenters. The molecule has 0 aromatic rings. The first kappa shape index (κ1) is 14.2. The highest BCUT2D eigenvalue weighted by atomic mass is 31.2. The van der Waals surface area contributed by atoms with Gasteiger partial charge in [-0.05, 0) is 27.7 Å². The smallest absolute Gasteiger partial charge is 0.296 e. The predicted octanol–water partition coefficient (Wildman–Crippen LogP) is 4.17. The molecule has 1 fully saturated rings. The van der Waals surface area contributed by atoms with Gasteiger partial charge in [0.2, 0.25) is 0 Å². The summed E-state index contributed by atoms with van der Waals surface area (Å²) >= 11 is 0. The molecule has 16 heavy (non-hydrogen) atoms. The van der Waals surface area contributed by atoms with E-state index in [-0.39, 0.29) is 0 Å². The zero-order valence-electron chi connectivity index (χ0n) is 11.3. The first-order valence-electron chi connectivity index (χ1n) is 5.59. The third kappa shape index (κ3) is 3.07. The van der Waals surface area contributed by atoms with Crippen LogP contribution < -0.4 is 0 Å². The van der Waals surface area contributed by atoms with Crippen LogP contribution in [0.1, 0.15) is 27.7 Å². The van der Waals surface area contributed by atoms with E-state index in [1.807, 2.05) is 33.4 Å². The van der Waals surface area contributed by atoms with Crippen molar-refractivity contribution >= 4 is 15.7 Å². The summed E-state index contributed by atoms with van der Waals surface area (Å²) in [6.07, 6.45) is 0. The molecule has 3 nitrogen and oxygen atoms in total. The summed E-state index contributed by atoms with van der Waals surface area (Å²) in [5.74, 6) is 1.65. The van der Waals surface area contributed by atoms with Crippen molar-refractivity contribution in [3.8, 4) is 0 Å². The van der Waals surface area contributed by atoms with Crippen LogP contribution in [0.5, 0.6) is 0 Å². The van der Waals surface area contributed by atoms with Gasteiger partial charge in [0.25, 0.3) is 0 Å². The molecule has 0 atom stereocenters. The fourth-order valence-electron chi connectivity index (χ4n) is 1.25. The second kappa shape index (κ2) is 3.81. The Morgan fingerprint density at radius 3 is 1.69 bits per heavy atom. The molecule has 0 aromatic heterocycles. The van der Waals surface area contributed by atoms with Gasteiger partial charge in [0.15, 0.2) is 0 Å². The zero-order chi connectivity index (χ0) is 12.8. The molecule has 1 aliphatic rings. The van der Waals surface area contributed by atoms with Crippen LogP contribution in [0.2, 0.25) is 19.6 Å². The molecule has 1 saturated heterocycles. The van der Waals surface area contributed by atoms with E-state index in [2.05, 4.69) is 19.6 Å². The maximum atomic E-state index is 12.4. The van der Waals surface area contributed by atoms with Gasteiger partial charge in [-0.2, -0.15) is 0 Å². The lowest BCUT2D eigenvalue weighted by atomic mass is 9.90. The molecule has 1 aliphatic heterocycles. The SMILES string of the molecule is CC1(C)OP(=O)(/C=C/[Si](C)(C)C)OC1(C)C. The third-order valence-corrected chi connectivity index (χ3v) is 6.30. The van der Waals surface area contributed by atoms with Crippen LogP contribution in [0.3, 0.4) is 0 Å². The average Bonchev–Trinajstić information content (AvgIpc) is 2.12. The van der Waals surface area contributed by atoms with Crippen LogP contribution in [-0.4, -0.2) is 19.3 Å². The van der Waals surface area contributed by atoms with Crippen molar-refractivity contribution in [3.05, 3.63) is 11.5 Å². The van der Waals surface area contributed by atoms with Crippen molar-refractivity contribution in [1.29, 1.82) is 0 Å². The van der Waals surface area contributed by atoms with Gasteiger partial charge in [-0.1, -0.05) is 25.3 Å². The molecule has 0 amide bonds. The summed E-state index contributed by atoms with van der Waals surface area (Å²) in [4.78, 5) is 0. The molecule has 1 heterocycles. The van der Waals surface area contributed by atoms with E-state index >= 15 is 0 Å². The maximum absolute atomic E-state index is 12.4. The fourth-order valence-corrected chi connectivity index (χ4v) is 5.64. The molecule has 0 radical (unpaired) electrons.